The van der Waals surface area contributed by atoms with Crippen LogP contribution in [-0.4, -0.2) is 39.0 Å². The average molecular weight is 346 g/mol. The highest BCUT2D eigenvalue weighted by Crippen LogP contribution is 2.28. The zero-order valence-corrected chi connectivity index (χ0v) is 14.5. The van der Waals surface area contributed by atoms with Gasteiger partial charge in [-0.1, -0.05) is 18.2 Å². The van der Waals surface area contributed by atoms with Crippen LogP contribution in [0.3, 0.4) is 0 Å². The number of nitrogens with one attached hydrogen (secondary N) is 2. The van der Waals surface area contributed by atoms with Gasteiger partial charge in [0.2, 0.25) is 5.91 Å². The summed E-state index contributed by atoms with van der Waals surface area (Å²) >= 11 is 1.74. The van der Waals surface area contributed by atoms with Crippen LogP contribution in [0.4, 0.5) is 0 Å². The van der Waals surface area contributed by atoms with Crippen molar-refractivity contribution >= 4 is 34.5 Å². The number of aryl methyl sites for hydroxylation is 2. The maximum Gasteiger partial charge on any atom is 0.329 e. The highest BCUT2D eigenvalue weighted by Gasteiger charge is 2.41. The number of amides is 1. The summed E-state index contributed by atoms with van der Waals surface area (Å²) in [6.07, 6.45) is 3.81. The molecule has 0 bridgehead atoms. The molecule has 5 nitrogen and oxygen atoms in total. The topological polar surface area (TPSA) is 82.2 Å². The first kappa shape index (κ1) is 16.9. The lowest BCUT2D eigenvalue weighted by Crippen LogP contribution is -2.56. The third-order valence-corrected chi connectivity index (χ3v) is 5.75. The zero-order chi connectivity index (χ0) is 17.2. The summed E-state index contributed by atoms with van der Waals surface area (Å²) in [7, 11) is 0. The van der Waals surface area contributed by atoms with E-state index in [2.05, 4.69) is 10.3 Å². The van der Waals surface area contributed by atoms with E-state index in [1.807, 2.05) is 31.3 Å². The second kappa shape index (κ2) is 6.89. The van der Waals surface area contributed by atoms with Gasteiger partial charge in [0.1, 0.15) is 5.54 Å². The second-order valence-electron chi connectivity index (χ2n) is 6.36. The minimum atomic E-state index is -1.08. The smallest absolute Gasteiger partial charge is 0.329 e. The maximum absolute atomic E-state index is 12.3. The molecule has 2 heterocycles. The van der Waals surface area contributed by atoms with Crippen molar-refractivity contribution in [3.63, 3.8) is 0 Å². The van der Waals surface area contributed by atoms with Crippen molar-refractivity contribution in [2.75, 3.05) is 11.5 Å². The Morgan fingerprint density at radius 1 is 1.33 bits per heavy atom. The third-order valence-electron chi connectivity index (χ3n) is 4.77. The lowest BCUT2D eigenvalue weighted by atomic mass is 9.92. The zero-order valence-electron chi connectivity index (χ0n) is 13.7. The molecule has 6 heteroatoms. The number of aromatic amines is 1. The van der Waals surface area contributed by atoms with Crippen LogP contribution >= 0.6 is 11.8 Å². The average Bonchev–Trinajstić information content (AvgIpc) is 2.98. The van der Waals surface area contributed by atoms with E-state index in [-0.39, 0.29) is 5.91 Å². The van der Waals surface area contributed by atoms with E-state index < -0.39 is 11.5 Å². The van der Waals surface area contributed by atoms with Crippen LogP contribution in [0.2, 0.25) is 0 Å². The van der Waals surface area contributed by atoms with Crippen LogP contribution in [0, 0.1) is 6.92 Å². The molecular formula is C18H22N2O3S. The molecule has 1 aliphatic heterocycles. The Balaban J connectivity index is 1.66. The van der Waals surface area contributed by atoms with E-state index in [4.69, 9.17) is 0 Å². The van der Waals surface area contributed by atoms with Crippen LogP contribution in [0.5, 0.6) is 0 Å². The SMILES string of the molecule is Cc1cccc2c(CCC(=O)NC3(C(=O)O)CCSCC3)c[nH]c12. The number of carboxylic acid groups (broad SMARTS) is 1. The highest BCUT2D eigenvalue weighted by molar-refractivity contribution is 7.99. The molecule has 0 spiro atoms. The minimum Gasteiger partial charge on any atom is -0.480 e. The normalized spacial score (nSPS) is 16.9. The van der Waals surface area contributed by atoms with Crippen molar-refractivity contribution in [1.29, 1.82) is 0 Å². The highest BCUT2D eigenvalue weighted by atomic mass is 32.2. The van der Waals surface area contributed by atoms with Crippen molar-refractivity contribution in [3.05, 3.63) is 35.5 Å². The van der Waals surface area contributed by atoms with E-state index in [0.29, 0.717) is 25.7 Å². The summed E-state index contributed by atoms with van der Waals surface area (Å²) in [5.74, 6) is 0.438. The number of benzene rings is 1. The molecule has 3 N–H and O–H groups in total. The molecule has 1 amide bonds. The summed E-state index contributed by atoms with van der Waals surface area (Å²) in [4.78, 5) is 27.2. The molecule has 128 valence electrons. The van der Waals surface area contributed by atoms with Gasteiger partial charge in [0.25, 0.3) is 0 Å². The van der Waals surface area contributed by atoms with Gasteiger partial charge in [-0.05, 0) is 48.8 Å². The van der Waals surface area contributed by atoms with Gasteiger partial charge < -0.3 is 15.4 Å². The number of aliphatic carboxylic acids is 1. The summed E-state index contributed by atoms with van der Waals surface area (Å²) in [6, 6.07) is 6.10. The van der Waals surface area contributed by atoms with Gasteiger partial charge in [-0.25, -0.2) is 4.79 Å². The first-order valence-corrected chi connectivity index (χ1v) is 9.35. The summed E-state index contributed by atoms with van der Waals surface area (Å²) in [5.41, 5.74) is 2.28. The molecule has 24 heavy (non-hydrogen) atoms. The van der Waals surface area contributed by atoms with Gasteiger partial charge >= 0.3 is 5.97 Å². The van der Waals surface area contributed by atoms with Crippen molar-refractivity contribution in [3.8, 4) is 0 Å². The Bertz CT molecular complexity index is 763. The van der Waals surface area contributed by atoms with Crippen LogP contribution in [0.1, 0.15) is 30.4 Å². The van der Waals surface area contributed by atoms with Crippen LogP contribution in [-0.2, 0) is 16.0 Å². The lowest BCUT2D eigenvalue weighted by Gasteiger charge is -2.33. The predicted molar refractivity (Wildman–Crippen MR) is 96.4 cm³/mol. The molecule has 0 radical (unpaired) electrons. The van der Waals surface area contributed by atoms with Gasteiger partial charge in [0.05, 0.1) is 0 Å². The van der Waals surface area contributed by atoms with Gasteiger partial charge in [0, 0.05) is 23.5 Å². The Morgan fingerprint density at radius 3 is 2.79 bits per heavy atom. The van der Waals surface area contributed by atoms with E-state index in [1.54, 1.807) is 11.8 Å². The van der Waals surface area contributed by atoms with E-state index in [0.717, 1.165) is 28.0 Å². The molecule has 3 rings (SSSR count). The number of rotatable bonds is 5. The first-order chi connectivity index (χ1) is 11.5. The van der Waals surface area contributed by atoms with Crippen molar-refractivity contribution in [2.24, 2.45) is 0 Å². The molecule has 1 saturated heterocycles. The molecule has 1 fully saturated rings. The Labute approximate surface area is 145 Å². The van der Waals surface area contributed by atoms with Gasteiger partial charge in [-0.15, -0.1) is 0 Å². The number of hydrogen-bond donors (Lipinski definition) is 3. The Morgan fingerprint density at radius 2 is 2.08 bits per heavy atom. The molecule has 2 aromatic rings. The van der Waals surface area contributed by atoms with E-state index in [9.17, 15) is 14.7 Å². The lowest BCUT2D eigenvalue weighted by molar-refractivity contribution is -0.148. The molecule has 1 aliphatic rings. The van der Waals surface area contributed by atoms with Crippen LogP contribution < -0.4 is 5.32 Å². The molecular weight excluding hydrogens is 324 g/mol. The van der Waals surface area contributed by atoms with E-state index in [1.165, 1.54) is 5.56 Å². The fourth-order valence-electron chi connectivity index (χ4n) is 3.26. The standard InChI is InChI=1S/C18H22N2O3S/c1-12-3-2-4-14-13(11-19-16(12)14)5-6-15(21)20-18(17(22)23)7-9-24-10-8-18/h2-4,11,19H,5-10H2,1H3,(H,20,21)(H,22,23). The Kier molecular flexibility index (Phi) is 4.85. The quantitative estimate of drug-likeness (QED) is 0.777. The number of carbonyl (C=O) groups is 2. The van der Waals surface area contributed by atoms with Gasteiger partial charge in [0.15, 0.2) is 0 Å². The number of aromatic nitrogens is 1. The largest absolute Gasteiger partial charge is 0.480 e. The van der Waals surface area contributed by atoms with Gasteiger partial charge in [-0.2, -0.15) is 11.8 Å². The van der Waals surface area contributed by atoms with Crippen LogP contribution in [0.15, 0.2) is 24.4 Å². The fourth-order valence-corrected chi connectivity index (χ4v) is 4.45. The molecule has 1 aromatic carbocycles. The predicted octanol–water partition coefficient (Wildman–Crippen LogP) is 2.88. The van der Waals surface area contributed by atoms with Crippen molar-refractivity contribution in [2.45, 2.75) is 38.1 Å². The first-order valence-electron chi connectivity index (χ1n) is 8.19. The number of fused-ring (bicyclic) bond motifs is 1. The maximum atomic E-state index is 12.3. The molecule has 1 aromatic heterocycles. The monoisotopic (exact) mass is 346 g/mol. The minimum absolute atomic E-state index is 0.189. The third kappa shape index (κ3) is 3.29. The number of H-pyrrole nitrogens is 1. The van der Waals surface area contributed by atoms with E-state index >= 15 is 0 Å². The molecule has 0 aliphatic carbocycles. The summed E-state index contributed by atoms with van der Waals surface area (Å²) in [5, 5.41) is 13.5. The number of hydrogen-bond acceptors (Lipinski definition) is 3. The number of carbonyl (C=O) groups excluding carboxylic acids is 1. The second-order valence-corrected chi connectivity index (χ2v) is 7.58. The number of thioether (sulfide) groups is 1. The summed E-state index contributed by atoms with van der Waals surface area (Å²) < 4.78 is 0. The van der Waals surface area contributed by atoms with Crippen molar-refractivity contribution in [1.82, 2.24) is 10.3 Å². The van der Waals surface area contributed by atoms with Crippen molar-refractivity contribution < 1.29 is 14.7 Å². The number of para-hydroxylation sites is 1. The molecule has 0 unspecified atom stereocenters. The Hall–Kier alpha value is -1.95. The van der Waals surface area contributed by atoms with Crippen LogP contribution in [0.25, 0.3) is 10.9 Å². The molecule has 0 saturated carbocycles. The summed E-state index contributed by atoms with van der Waals surface area (Å²) in [6.45, 7) is 2.05. The number of carboxylic acids is 1. The van der Waals surface area contributed by atoms with Gasteiger partial charge in [-0.3, -0.25) is 4.79 Å². The fraction of sp³-hybridized carbons (Fsp3) is 0.444. The molecule has 0 atom stereocenters.